The van der Waals surface area contributed by atoms with Gasteiger partial charge in [0.2, 0.25) is 5.91 Å². The number of carboxylic acids is 1. The Bertz CT molecular complexity index is 1090. The Labute approximate surface area is 204 Å². The first-order valence-electron chi connectivity index (χ1n) is 12.1. The molecule has 1 unspecified atom stereocenters. The van der Waals surface area contributed by atoms with E-state index < -0.39 is 23.0 Å². The van der Waals surface area contributed by atoms with Crippen molar-refractivity contribution in [2.75, 3.05) is 26.4 Å². The van der Waals surface area contributed by atoms with E-state index in [1.807, 2.05) is 24.3 Å². The number of rotatable bonds is 8. The number of alkyl carbamates (subject to hydrolysis) is 1. The maximum atomic E-state index is 12.6. The molecule has 8 heteroatoms. The molecule has 3 N–H and O–H groups in total. The first-order valence-corrected chi connectivity index (χ1v) is 12.1. The lowest BCUT2D eigenvalue weighted by molar-refractivity contribution is -0.157. The average Bonchev–Trinajstić information content (AvgIpc) is 3.53. The summed E-state index contributed by atoms with van der Waals surface area (Å²) in [5.41, 5.74) is 2.88. The average molecular weight is 479 g/mol. The van der Waals surface area contributed by atoms with E-state index in [4.69, 9.17) is 9.47 Å². The first kappa shape index (κ1) is 23.4. The van der Waals surface area contributed by atoms with Crippen molar-refractivity contribution in [3.8, 4) is 11.1 Å². The molecule has 2 fully saturated rings. The van der Waals surface area contributed by atoms with E-state index in [1.165, 1.54) is 0 Å². The van der Waals surface area contributed by atoms with Gasteiger partial charge in [-0.05, 0) is 47.9 Å². The van der Waals surface area contributed by atoms with Crippen LogP contribution in [0.15, 0.2) is 48.5 Å². The van der Waals surface area contributed by atoms with Gasteiger partial charge in [0.15, 0.2) is 0 Å². The van der Waals surface area contributed by atoms with Gasteiger partial charge < -0.3 is 25.2 Å². The number of carbonyl (C=O) groups excluding carboxylic acids is 2. The van der Waals surface area contributed by atoms with Crippen LogP contribution in [0, 0.1) is 5.41 Å². The van der Waals surface area contributed by atoms with Gasteiger partial charge in [-0.2, -0.15) is 0 Å². The number of carbonyl (C=O) groups is 3. The molecule has 0 spiro atoms. The van der Waals surface area contributed by atoms with Crippen molar-refractivity contribution < 1.29 is 29.0 Å². The topological polar surface area (TPSA) is 114 Å². The number of hydrogen-bond acceptors (Lipinski definition) is 5. The van der Waals surface area contributed by atoms with Gasteiger partial charge in [0.05, 0.1) is 12.1 Å². The van der Waals surface area contributed by atoms with E-state index >= 15 is 0 Å². The Morgan fingerprint density at radius 2 is 1.66 bits per heavy atom. The molecule has 1 heterocycles. The fourth-order valence-electron chi connectivity index (χ4n) is 5.22. The van der Waals surface area contributed by atoms with Crippen molar-refractivity contribution in [1.29, 1.82) is 0 Å². The Balaban J connectivity index is 1.14. The summed E-state index contributed by atoms with van der Waals surface area (Å²) in [7, 11) is 0. The van der Waals surface area contributed by atoms with Crippen molar-refractivity contribution in [2.45, 2.75) is 43.6 Å². The summed E-state index contributed by atoms with van der Waals surface area (Å²) in [4.78, 5) is 37.0. The van der Waals surface area contributed by atoms with E-state index in [9.17, 15) is 19.5 Å². The van der Waals surface area contributed by atoms with Crippen LogP contribution in [0.1, 0.15) is 49.1 Å². The van der Waals surface area contributed by atoms with Gasteiger partial charge in [-0.3, -0.25) is 9.59 Å². The first-order chi connectivity index (χ1) is 16.9. The smallest absolute Gasteiger partial charge is 0.407 e. The fraction of sp³-hybridized carbons (Fsp3) is 0.444. The largest absolute Gasteiger partial charge is 0.481 e. The summed E-state index contributed by atoms with van der Waals surface area (Å²) in [6.07, 6.45) is 2.02. The molecular weight excluding hydrogens is 448 g/mol. The van der Waals surface area contributed by atoms with Gasteiger partial charge >= 0.3 is 12.1 Å². The third-order valence-electron chi connectivity index (χ3n) is 7.46. The zero-order valence-corrected chi connectivity index (χ0v) is 19.5. The molecule has 1 aliphatic heterocycles. The summed E-state index contributed by atoms with van der Waals surface area (Å²) in [6.45, 7) is 0.855. The second-order valence-electron chi connectivity index (χ2n) is 9.93. The Hall–Kier alpha value is -3.39. The Morgan fingerprint density at radius 1 is 1.00 bits per heavy atom. The van der Waals surface area contributed by atoms with Gasteiger partial charge in [-0.25, -0.2) is 4.79 Å². The molecule has 2 aliphatic carbocycles. The maximum absolute atomic E-state index is 12.6. The van der Waals surface area contributed by atoms with E-state index in [2.05, 4.69) is 34.9 Å². The lowest BCUT2D eigenvalue weighted by Crippen LogP contribution is -2.49. The van der Waals surface area contributed by atoms with Crippen LogP contribution in [-0.2, 0) is 19.1 Å². The molecule has 2 aromatic rings. The summed E-state index contributed by atoms with van der Waals surface area (Å²) in [5, 5.41) is 15.3. The molecular formula is C27H30N2O6. The van der Waals surface area contributed by atoms with Crippen molar-refractivity contribution in [3.05, 3.63) is 59.7 Å². The van der Waals surface area contributed by atoms with Gasteiger partial charge in [0.1, 0.15) is 12.0 Å². The molecule has 1 atom stereocenters. The quantitative estimate of drug-likeness (QED) is 0.536. The number of amides is 2. The number of ether oxygens (including phenoxy) is 2. The molecule has 35 heavy (non-hydrogen) atoms. The summed E-state index contributed by atoms with van der Waals surface area (Å²) < 4.78 is 11.0. The molecule has 5 rings (SSSR count). The molecule has 1 saturated heterocycles. The summed E-state index contributed by atoms with van der Waals surface area (Å²) in [6, 6.07) is 16.3. The number of aliphatic carboxylic acids is 1. The molecule has 0 aromatic heterocycles. The molecule has 3 aliphatic rings. The van der Waals surface area contributed by atoms with Crippen LogP contribution in [0.2, 0.25) is 0 Å². The van der Waals surface area contributed by atoms with Crippen LogP contribution in [0.5, 0.6) is 0 Å². The number of nitrogens with one attached hydrogen (secondary N) is 2. The highest BCUT2D eigenvalue weighted by Gasteiger charge is 2.47. The minimum Gasteiger partial charge on any atom is -0.481 e. The van der Waals surface area contributed by atoms with Gasteiger partial charge in [-0.15, -0.1) is 0 Å². The van der Waals surface area contributed by atoms with Crippen molar-refractivity contribution in [2.24, 2.45) is 5.41 Å². The van der Waals surface area contributed by atoms with E-state index in [-0.39, 0.29) is 38.0 Å². The molecule has 184 valence electrons. The highest BCUT2D eigenvalue weighted by atomic mass is 16.5. The van der Waals surface area contributed by atoms with E-state index in [0.29, 0.717) is 32.3 Å². The molecule has 0 bridgehead atoms. The van der Waals surface area contributed by atoms with E-state index in [0.717, 1.165) is 22.3 Å². The summed E-state index contributed by atoms with van der Waals surface area (Å²) in [5.74, 6) is -1.28. The standard InChI is InChI=1S/C27H30N2O6/c30-23(28-16-26(24(31)32)10-5-13-34-17-26)14-27(11-12-27)29-25(33)35-15-22-20-8-3-1-6-18(20)19-7-2-4-9-21(19)22/h1-4,6-9,22H,5,10-17H2,(H,28,30)(H,29,33)(H,31,32). The fourth-order valence-corrected chi connectivity index (χ4v) is 5.22. The predicted molar refractivity (Wildman–Crippen MR) is 128 cm³/mol. The van der Waals surface area contributed by atoms with Crippen molar-refractivity contribution >= 4 is 18.0 Å². The van der Waals surface area contributed by atoms with Crippen LogP contribution >= 0.6 is 0 Å². The predicted octanol–water partition coefficient (Wildman–Crippen LogP) is 3.45. The van der Waals surface area contributed by atoms with Crippen LogP contribution in [0.3, 0.4) is 0 Å². The Kier molecular flexibility index (Phi) is 6.23. The Morgan fingerprint density at radius 3 is 2.23 bits per heavy atom. The number of hydrogen-bond donors (Lipinski definition) is 3. The zero-order chi connectivity index (χ0) is 24.5. The number of carboxylic acid groups (broad SMARTS) is 1. The van der Waals surface area contributed by atoms with E-state index in [1.54, 1.807) is 0 Å². The minimum absolute atomic E-state index is 0.0161. The van der Waals surface area contributed by atoms with Gasteiger partial charge in [0, 0.05) is 25.5 Å². The van der Waals surface area contributed by atoms with Crippen LogP contribution in [0.4, 0.5) is 4.79 Å². The lowest BCUT2D eigenvalue weighted by atomic mass is 9.82. The van der Waals surface area contributed by atoms with Gasteiger partial charge in [0.25, 0.3) is 0 Å². The molecule has 2 aromatic carbocycles. The molecule has 1 saturated carbocycles. The highest BCUT2D eigenvalue weighted by molar-refractivity contribution is 5.82. The second kappa shape index (κ2) is 9.34. The molecule has 8 nitrogen and oxygen atoms in total. The zero-order valence-electron chi connectivity index (χ0n) is 19.5. The highest BCUT2D eigenvalue weighted by Crippen LogP contribution is 2.44. The van der Waals surface area contributed by atoms with Crippen LogP contribution in [-0.4, -0.2) is 55.0 Å². The van der Waals surface area contributed by atoms with Crippen molar-refractivity contribution in [3.63, 3.8) is 0 Å². The molecule has 2 amide bonds. The third kappa shape index (κ3) is 4.75. The normalized spacial score (nSPS) is 21.9. The second-order valence-corrected chi connectivity index (χ2v) is 9.93. The van der Waals surface area contributed by atoms with Crippen LogP contribution < -0.4 is 10.6 Å². The van der Waals surface area contributed by atoms with Crippen molar-refractivity contribution in [1.82, 2.24) is 10.6 Å². The number of fused-ring (bicyclic) bond motifs is 3. The van der Waals surface area contributed by atoms with Crippen LogP contribution in [0.25, 0.3) is 11.1 Å². The third-order valence-corrected chi connectivity index (χ3v) is 7.46. The SMILES string of the molecule is O=C(CC1(NC(=O)OCC2c3ccccc3-c3ccccc32)CC1)NCC1(C(=O)O)CCCOC1. The summed E-state index contributed by atoms with van der Waals surface area (Å²) >= 11 is 0. The molecule has 0 radical (unpaired) electrons. The lowest BCUT2D eigenvalue weighted by Gasteiger charge is -2.33. The monoisotopic (exact) mass is 478 g/mol. The maximum Gasteiger partial charge on any atom is 0.407 e. The number of benzene rings is 2. The minimum atomic E-state index is -1.09. The van der Waals surface area contributed by atoms with Gasteiger partial charge in [-0.1, -0.05) is 48.5 Å².